The Bertz CT molecular complexity index is 1050. The minimum absolute atomic E-state index is 0.0555. The van der Waals surface area contributed by atoms with Crippen molar-refractivity contribution >= 4 is 17.4 Å². The molecule has 1 N–H and O–H groups in total. The van der Waals surface area contributed by atoms with Crippen molar-refractivity contribution in [1.82, 2.24) is 34.1 Å². The van der Waals surface area contributed by atoms with Gasteiger partial charge < -0.3 is 5.32 Å². The zero-order valence-electron chi connectivity index (χ0n) is 13.6. The highest BCUT2D eigenvalue weighted by Crippen LogP contribution is 2.11. The van der Waals surface area contributed by atoms with Gasteiger partial charge in [0.25, 0.3) is 11.7 Å². The van der Waals surface area contributed by atoms with Crippen LogP contribution in [0.5, 0.6) is 0 Å². The molecule has 0 atom stereocenters. The van der Waals surface area contributed by atoms with Gasteiger partial charge in [-0.3, -0.25) is 9.36 Å². The number of aryl methyl sites for hydroxylation is 2. The Morgan fingerprint density at radius 2 is 2.08 bits per heavy atom. The van der Waals surface area contributed by atoms with E-state index in [0.29, 0.717) is 17.3 Å². The lowest BCUT2D eigenvalue weighted by Gasteiger charge is -2.04. The molecule has 9 heteroatoms. The van der Waals surface area contributed by atoms with E-state index >= 15 is 0 Å². The molecule has 4 aromatic rings. The summed E-state index contributed by atoms with van der Waals surface area (Å²) in [7, 11) is 0. The molecule has 0 aliphatic heterocycles. The molecule has 0 aliphatic rings. The van der Waals surface area contributed by atoms with Gasteiger partial charge in [-0.2, -0.15) is 4.98 Å². The first-order valence-electron chi connectivity index (χ1n) is 7.57. The zero-order valence-corrected chi connectivity index (χ0v) is 13.6. The summed E-state index contributed by atoms with van der Waals surface area (Å²) in [6.45, 7) is 3.76. The number of carbonyl (C=O) groups is 1. The predicted molar refractivity (Wildman–Crippen MR) is 89.6 cm³/mol. The molecular weight excluding hydrogens is 320 g/mol. The average Bonchev–Trinajstić information content (AvgIpc) is 3.25. The van der Waals surface area contributed by atoms with E-state index in [0.717, 1.165) is 11.4 Å². The van der Waals surface area contributed by atoms with E-state index in [1.165, 1.54) is 0 Å². The minimum atomic E-state index is -0.417. The highest BCUT2D eigenvalue weighted by Gasteiger charge is 2.15. The van der Waals surface area contributed by atoms with E-state index in [-0.39, 0.29) is 5.82 Å². The van der Waals surface area contributed by atoms with Gasteiger partial charge in [0.2, 0.25) is 5.82 Å². The number of nitrogens with one attached hydrogen (secondary N) is 1. The van der Waals surface area contributed by atoms with Gasteiger partial charge in [-0.15, -0.1) is 5.10 Å². The number of nitrogens with zero attached hydrogens (tertiary/aromatic N) is 7. The summed E-state index contributed by atoms with van der Waals surface area (Å²) in [5.41, 5.74) is 2.23. The monoisotopic (exact) mass is 334 g/mol. The van der Waals surface area contributed by atoms with Crippen LogP contribution in [-0.2, 0) is 0 Å². The van der Waals surface area contributed by atoms with Crippen LogP contribution in [0.3, 0.4) is 0 Å². The number of carbonyl (C=O) groups excluding carboxylic acids is 1. The molecule has 124 valence electrons. The Labute approximate surface area is 142 Å². The molecule has 0 fully saturated rings. The van der Waals surface area contributed by atoms with Crippen molar-refractivity contribution in [2.24, 2.45) is 0 Å². The van der Waals surface area contributed by atoms with Crippen LogP contribution in [0.4, 0.5) is 5.69 Å². The first kappa shape index (κ1) is 14.9. The zero-order chi connectivity index (χ0) is 17.4. The molecule has 0 saturated heterocycles. The summed E-state index contributed by atoms with van der Waals surface area (Å²) in [4.78, 5) is 29.1. The Morgan fingerprint density at radius 3 is 2.80 bits per heavy atom. The van der Waals surface area contributed by atoms with Crippen molar-refractivity contribution < 1.29 is 4.79 Å². The second kappa shape index (κ2) is 5.78. The number of pyridine rings is 1. The third-order valence-corrected chi connectivity index (χ3v) is 3.60. The molecule has 0 bridgehead atoms. The fraction of sp³-hybridized carbons (Fsp3) is 0.125. The number of amides is 1. The van der Waals surface area contributed by atoms with E-state index in [4.69, 9.17) is 0 Å². The number of aromatic nitrogens is 7. The largest absolute Gasteiger partial charge is 0.318 e. The van der Waals surface area contributed by atoms with Gasteiger partial charge >= 0.3 is 0 Å². The van der Waals surface area contributed by atoms with E-state index < -0.39 is 5.91 Å². The normalized spacial score (nSPS) is 11.0. The number of rotatable bonds is 3. The molecule has 0 unspecified atom stereocenters. The first-order valence-corrected chi connectivity index (χ1v) is 7.57. The number of hydrogen-bond donors (Lipinski definition) is 1. The van der Waals surface area contributed by atoms with Crippen LogP contribution in [0.15, 0.2) is 43.1 Å². The third kappa shape index (κ3) is 2.82. The van der Waals surface area contributed by atoms with Crippen molar-refractivity contribution in [2.75, 3.05) is 5.32 Å². The smallest absolute Gasteiger partial charge is 0.295 e. The third-order valence-electron chi connectivity index (χ3n) is 3.60. The highest BCUT2D eigenvalue weighted by atomic mass is 16.2. The lowest BCUT2D eigenvalue weighted by Crippen LogP contribution is -2.14. The standard InChI is InChI=1S/C16H14N8O/c1-10-7-11(2)24-16(19-10)21-14(22-24)15(25)20-12-3-4-13(18-8-12)23-6-5-17-9-23/h3-9H,1-2H3,(H,20,25). The maximum absolute atomic E-state index is 12.4. The van der Waals surface area contributed by atoms with Crippen LogP contribution in [0.1, 0.15) is 22.0 Å². The van der Waals surface area contributed by atoms with Crippen LogP contribution in [0, 0.1) is 13.8 Å². The fourth-order valence-corrected chi connectivity index (χ4v) is 2.46. The van der Waals surface area contributed by atoms with Gasteiger partial charge in [0.05, 0.1) is 11.9 Å². The molecule has 1 amide bonds. The van der Waals surface area contributed by atoms with Crippen molar-refractivity contribution in [1.29, 1.82) is 0 Å². The second-order valence-electron chi connectivity index (χ2n) is 5.52. The first-order chi connectivity index (χ1) is 12.1. The quantitative estimate of drug-likeness (QED) is 0.610. The van der Waals surface area contributed by atoms with Gasteiger partial charge in [-0.05, 0) is 32.0 Å². The van der Waals surface area contributed by atoms with E-state index in [1.54, 1.807) is 46.1 Å². The Balaban J connectivity index is 1.56. The molecule has 0 spiro atoms. The Morgan fingerprint density at radius 1 is 1.20 bits per heavy atom. The number of hydrogen-bond acceptors (Lipinski definition) is 6. The molecule has 9 nitrogen and oxygen atoms in total. The van der Waals surface area contributed by atoms with Crippen molar-refractivity contribution in [2.45, 2.75) is 13.8 Å². The second-order valence-corrected chi connectivity index (χ2v) is 5.52. The van der Waals surface area contributed by atoms with E-state index in [2.05, 4.69) is 30.4 Å². The lowest BCUT2D eigenvalue weighted by atomic mass is 10.4. The van der Waals surface area contributed by atoms with Crippen LogP contribution in [-0.4, -0.2) is 40.0 Å². The van der Waals surface area contributed by atoms with Crippen molar-refractivity contribution in [3.63, 3.8) is 0 Å². The summed E-state index contributed by atoms with van der Waals surface area (Å²) in [6.07, 6.45) is 6.68. The lowest BCUT2D eigenvalue weighted by molar-refractivity contribution is 0.101. The van der Waals surface area contributed by atoms with Gasteiger partial charge in [0.1, 0.15) is 12.1 Å². The Hall–Kier alpha value is -3.62. The van der Waals surface area contributed by atoms with Gasteiger partial charge in [0.15, 0.2) is 0 Å². The molecule has 25 heavy (non-hydrogen) atoms. The fourth-order valence-electron chi connectivity index (χ4n) is 2.46. The molecule has 0 radical (unpaired) electrons. The number of fused-ring (bicyclic) bond motifs is 1. The Kier molecular flexibility index (Phi) is 3.46. The highest BCUT2D eigenvalue weighted by molar-refractivity contribution is 6.01. The number of imidazole rings is 1. The van der Waals surface area contributed by atoms with Crippen molar-refractivity contribution in [3.05, 3.63) is 60.3 Å². The van der Waals surface area contributed by atoms with Crippen LogP contribution >= 0.6 is 0 Å². The average molecular weight is 334 g/mol. The summed E-state index contributed by atoms with van der Waals surface area (Å²) in [5, 5.41) is 6.94. The predicted octanol–water partition coefficient (Wildman–Crippen LogP) is 1.57. The molecule has 4 aromatic heterocycles. The topological polar surface area (TPSA) is 103 Å². The summed E-state index contributed by atoms with van der Waals surface area (Å²) in [6, 6.07) is 5.41. The summed E-state index contributed by atoms with van der Waals surface area (Å²) < 4.78 is 3.31. The molecule has 4 heterocycles. The molecule has 0 saturated carbocycles. The maximum atomic E-state index is 12.4. The van der Waals surface area contributed by atoms with Gasteiger partial charge in [-0.1, -0.05) is 0 Å². The van der Waals surface area contributed by atoms with E-state index in [1.807, 2.05) is 19.9 Å². The van der Waals surface area contributed by atoms with Crippen molar-refractivity contribution in [3.8, 4) is 5.82 Å². The van der Waals surface area contributed by atoms with Gasteiger partial charge in [0, 0.05) is 23.8 Å². The summed E-state index contributed by atoms with van der Waals surface area (Å²) in [5.74, 6) is 0.743. The SMILES string of the molecule is Cc1cc(C)n2nc(C(=O)Nc3ccc(-n4ccnc4)nc3)nc2n1. The molecule has 0 aromatic carbocycles. The van der Waals surface area contributed by atoms with Crippen LogP contribution in [0.25, 0.3) is 11.6 Å². The van der Waals surface area contributed by atoms with E-state index in [9.17, 15) is 4.79 Å². The molecular formula is C16H14N8O. The van der Waals surface area contributed by atoms with Crippen LogP contribution in [0.2, 0.25) is 0 Å². The van der Waals surface area contributed by atoms with Crippen LogP contribution < -0.4 is 5.32 Å². The number of anilines is 1. The maximum Gasteiger partial charge on any atom is 0.295 e. The molecule has 0 aliphatic carbocycles. The van der Waals surface area contributed by atoms with Gasteiger partial charge in [-0.25, -0.2) is 19.5 Å². The minimum Gasteiger partial charge on any atom is -0.318 e. The summed E-state index contributed by atoms with van der Waals surface area (Å²) >= 11 is 0. The molecule has 4 rings (SSSR count).